The van der Waals surface area contributed by atoms with Gasteiger partial charge in [0.1, 0.15) is 5.82 Å². The third-order valence-corrected chi connectivity index (χ3v) is 5.69. The monoisotopic (exact) mass is 416 g/mol. The number of anilines is 1. The lowest BCUT2D eigenvalue weighted by molar-refractivity contribution is 0.0853. The summed E-state index contributed by atoms with van der Waals surface area (Å²) in [5.74, 6) is 1.21. The molecule has 156 valence electrons. The molecule has 2 saturated heterocycles. The van der Waals surface area contributed by atoms with Gasteiger partial charge < -0.3 is 19.9 Å². The summed E-state index contributed by atoms with van der Waals surface area (Å²) in [7, 11) is 0. The van der Waals surface area contributed by atoms with Crippen LogP contribution in [-0.2, 0) is 4.74 Å². The molecule has 2 aliphatic rings. The predicted molar refractivity (Wildman–Crippen MR) is 119 cm³/mol. The van der Waals surface area contributed by atoms with Crippen molar-refractivity contribution in [2.24, 2.45) is 4.99 Å². The van der Waals surface area contributed by atoms with Crippen molar-refractivity contribution in [3.05, 3.63) is 52.8 Å². The fourth-order valence-electron chi connectivity index (χ4n) is 3.74. The van der Waals surface area contributed by atoms with Crippen LogP contribution in [0.15, 0.2) is 52.3 Å². The van der Waals surface area contributed by atoms with Crippen molar-refractivity contribution in [3.63, 3.8) is 0 Å². The minimum absolute atomic E-state index is 0.0832. The molecule has 3 rings (SSSR count). The van der Waals surface area contributed by atoms with Crippen LogP contribution in [0.2, 0.25) is 0 Å². The maximum absolute atomic E-state index is 12.6. The molecular weight excluding hydrogens is 388 g/mol. The third-order valence-electron chi connectivity index (χ3n) is 5.40. The first-order valence-corrected chi connectivity index (χ1v) is 10.5. The van der Waals surface area contributed by atoms with Gasteiger partial charge >= 0.3 is 6.03 Å². The molecule has 0 aliphatic carbocycles. The van der Waals surface area contributed by atoms with E-state index in [2.05, 4.69) is 34.1 Å². The summed E-state index contributed by atoms with van der Waals surface area (Å²) >= 11 is 6.27. The molecule has 7 heteroatoms. The van der Waals surface area contributed by atoms with E-state index in [0.29, 0.717) is 43.0 Å². The van der Waals surface area contributed by atoms with Gasteiger partial charge in [0, 0.05) is 45.1 Å². The van der Waals surface area contributed by atoms with Crippen LogP contribution in [0.4, 0.5) is 10.5 Å². The van der Waals surface area contributed by atoms with Crippen molar-refractivity contribution in [1.29, 1.82) is 0 Å². The van der Waals surface area contributed by atoms with Crippen molar-refractivity contribution in [1.82, 2.24) is 9.80 Å². The third kappa shape index (κ3) is 5.61. The van der Waals surface area contributed by atoms with Crippen LogP contribution >= 0.6 is 11.6 Å². The number of carbonyl (C=O) groups excluding carboxylic acids is 1. The van der Waals surface area contributed by atoms with Crippen LogP contribution in [0.3, 0.4) is 0 Å². The van der Waals surface area contributed by atoms with Gasteiger partial charge in [0.05, 0.1) is 5.03 Å². The second-order valence-corrected chi connectivity index (χ2v) is 7.65. The summed E-state index contributed by atoms with van der Waals surface area (Å²) in [5, 5.41) is 3.56. The summed E-state index contributed by atoms with van der Waals surface area (Å²) < 4.78 is 5.43. The number of halogens is 1. The molecule has 29 heavy (non-hydrogen) atoms. The Labute approximate surface area is 177 Å². The molecule has 0 radical (unpaired) electrons. The van der Waals surface area contributed by atoms with Crippen LogP contribution in [0.25, 0.3) is 0 Å². The quantitative estimate of drug-likeness (QED) is 0.571. The number of urea groups is 1. The first kappa shape index (κ1) is 21.4. The fourth-order valence-corrected chi connectivity index (χ4v) is 4.05. The Bertz CT molecular complexity index is 762. The smallest absolute Gasteiger partial charge is 0.321 e. The molecule has 6 nitrogen and oxygen atoms in total. The number of nitrogens with one attached hydrogen (secondary N) is 1. The number of hydrogen-bond donors (Lipinski definition) is 1. The lowest BCUT2D eigenvalue weighted by Crippen LogP contribution is -2.49. The van der Waals surface area contributed by atoms with E-state index in [1.807, 2.05) is 30.0 Å². The van der Waals surface area contributed by atoms with Crippen LogP contribution in [0.1, 0.15) is 31.2 Å². The van der Waals surface area contributed by atoms with E-state index in [1.165, 1.54) is 5.56 Å². The molecule has 2 heterocycles. The number of nitrogens with zero attached hydrogens (tertiary/aromatic N) is 3. The highest BCUT2D eigenvalue weighted by molar-refractivity contribution is 6.31. The highest BCUT2D eigenvalue weighted by atomic mass is 35.5. The molecular formula is C22H29ClN4O2. The molecule has 0 saturated carbocycles. The zero-order chi connectivity index (χ0) is 20.6. The zero-order valence-electron chi connectivity index (χ0n) is 16.9. The zero-order valence-corrected chi connectivity index (χ0v) is 17.7. The van der Waals surface area contributed by atoms with Crippen molar-refractivity contribution in [2.75, 3.05) is 44.7 Å². The van der Waals surface area contributed by atoms with E-state index < -0.39 is 0 Å². The van der Waals surface area contributed by atoms with Gasteiger partial charge in [-0.1, -0.05) is 29.8 Å². The standard InChI is InChI=1S/C22H29ClN4O2/c1-3-4-20(23)21(24-2)26-11-13-27(14-12-26)22(28)25-19-7-5-17(6-8-19)18-9-15-29-16-10-18/h3-8,18H,2,9-16H2,1H3,(H,25,28)/b4-3-,21-20-. The summed E-state index contributed by atoms with van der Waals surface area (Å²) in [4.78, 5) is 20.6. The summed E-state index contributed by atoms with van der Waals surface area (Å²) in [6.45, 7) is 9.71. The van der Waals surface area contributed by atoms with E-state index in [-0.39, 0.29) is 6.03 Å². The summed E-state index contributed by atoms with van der Waals surface area (Å²) in [5.41, 5.74) is 2.13. The van der Waals surface area contributed by atoms with Gasteiger partial charge in [0.25, 0.3) is 0 Å². The Morgan fingerprint density at radius 2 is 1.79 bits per heavy atom. The second kappa shape index (κ2) is 10.5. The fraction of sp³-hybridized carbons (Fsp3) is 0.455. The Morgan fingerprint density at radius 1 is 1.17 bits per heavy atom. The van der Waals surface area contributed by atoms with Crippen molar-refractivity contribution >= 4 is 30.0 Å². The van der Waals surface area contributed by atoms with Gasteiger partial charge in [-0.2, -0.15) is 0 Å². The average Bonchev–Trinajstić information content (AvgIpc) is 2.76. The maximum atomic E-state index is 12.6. The van der Waals surface area contributed by atoms with Crippen LogP contribution in [0, 0.1) is 0 Å². The first-order valence-electron chi connectivity index (χ1n) is 10.1. The van der Waals surface area contributed by atoms with E-state index in [4.69, 9.17) is 16.3 Å². The van der Waals surface area contributed by atoms with Crippen LogP contribution in [0.5, 0.6) is 0 Å². The minimum atomic E-state index is -0.0832. The number of ether oxygens (including phenoxy) is 1. The Balaban J connectivity index is 1.53. The molecule has 0 unspecified atom stereocenters. The number of allylic oxidation sites excluding steroid dienone is 3. The largest absolute Gasteiger partial charge is 0.381 e. The van der Waals surface area contributed by atoms with Crippen LogP contribution in [-0.4, -0.2) is 61.9 Å². The molecule has 0 bridgehead atoms. The second-order valence-electron chi connectivity index (χ2n) is 7.24. The van der Waals surface area contributed by atoms with E-state index in [1.54, 1.807) is 6.08 Å². The highest BCUT2D eigenvalue weighted by Crippen LogP contribution is 2.27. The summed E-state index contributed by atoms with van der Waals surface area (Å²) in [6, 6.07) is 8.11. The van der Waals surface area contributed by atoms with E-state index in [9.17, 15) is 4.79 Å². The van der Waals surface area contributed by atoms with Crippen molar-refractivity contribution < 1.29 is 9.53 Å². The number of piperazine rings is 1. The number of benzene rings is 1. The predicted octanol–water partition coefficient (Wildman–Crippen LogP) is 4.41. The van der Waals surface area contributed by atoms with Crippen molar-refractivity contribution in [2.45, 2.75) is 25.7 Å². The molecule has 0 aromatic heterocycles. The molecule has 2 fully saturated rings. The lowest BCUT2D eigenvalue weighted by atomic mass is 9.92. The number of aliphatic imine (C=N–C) groups is 1. The number of rotatable bonds is 5. The Morgan fingerprint density at radius 3 is 2.38 bits per heavy atom. The lowest BCUT2D eigenvalue weighted by Gasteiger charge is -2.36. The van der Waals surface area contributed by atoms with Crippen LogP contribution < -0.4 is 5.32 Å². The van der Waals surface area contributed by atoms with Crippen molar-refractivity contribution in [3.8, 4) is 0 Å². The number of amides is 2. The van der Waals surface area contributed by atoms with Gasteiger partial charge in [-0.05, 0) is 56.2 Å². The summed E-state index contributed by atoms with van der Waals surface area (Å²) in [6.07, 6.45) is 5.79. The highest BCUT2D eigenvalue weighted by Gasteiger charge is 2.23. The van der Waals surface area contributed by atoms with E-state index in [0.717, 1.165) is 31.7 Å². The number of carbonyl (C=O) groups is 1. The Kier molecular flexibility index (Phi) is 7.72. The van der Waals surface area contributed by atoms with Gasteiger partial charge in [-0.15, -0.1) is 0 Å². The van der Waals surface area contributed by atoms with Gasteiger partial charge in [-0.25, -0.2) is 9.79 Å². The average molecular weight is 417 g/mol. The molecule has 0 spiro atoms. The van der Waals surface area contributed by atoms with Gasteiger partial charge in [-0.3, -0.25) is 0 Å². The SMILES string of the molecule is C=N/C(=C(Cl)\C=C/C)N1CCN(C(=O)Nc2ccc(C3CCOCC3)cc2)CC1. The molecule has 2 amide bonds. The minimum Gasteiger partial charge on any atom is -0.381 e. The molecule has 1 N–H and O–H groups in total. The topological polar surface area (TPSA) is 57.2 Å². The Hall–Kier alpha value is -2.31. The normalized spacial score (nSPS) is 19.2. The molecule has 1 aromatic carbocycles. The van der Waals surface area contributed by atoms with E-state index >= 15 is 0 Å². The maximum Gasteiger partial charge on any atom is 0.321 e. The molecule has 0 atom stereocenters. The first-order chi connectivity index (χ1) is 14.1. The van der Waals surface area contributed by atoms with Gasteiger partial charge in [0.2, 0.25) is 0 Å². The van der Waals surface area contributed by atoms with Gasteiger partial charge in [0.15, 0.2) is 0 Å². The molecule has 2 aliphatic heterocycles. The number of hydrogen-bond acceptors (Lipinski definition) is 4. The molecule has 1 aromatic rings.